The molecule has 0 heterocycles. The molecule has 0 saturated heterocycles. The molecule has 17 heavy (non-hydrogen) atoms. The molecule has 4 heteroatoms. The molecule has 1 aromatic carbocycles. The van der Waals surface area contributed by atoms with E-state index in [4.69, 9.17) is 15.1 Å². The summed E-state index contributed by atoms with van der Waals surface area (Å²) in [5.74, 6) is -0.936. The maximum Gasteiger partial charge on any atom is 0.333 e. The fraction of sp³-hybridized carbons (Fsp3) is 0.385. The molecule has 0 spiro atoms. The van der Waals surface area contributed by atoms with Gasteiger partial charge in [-0.25, -0.2) is 4.79 Å². The number of nitriles is 1. The van der Waals surface area contributed by atoms with Gasteiger partial charge in [-0.1, -0.05) is 12.1 Å². The zero-order chi connectivity index (χ0) is 12.5. The van der Waals surface area contributed by atoms with Crippen molar-refractivity contribution in [1.29, 1.82) is 5.26 Å². The number of carboxylic acids is 1. The average Bonchev–Trinajstić information content (AvgIpc) is 3.11. The highest BCUT2D eigenvalue weighted by molar-refractivity contribution is 5.76. The van der Waals surface area contributed by atoms with Gasteiger partial charge in [-0.2, -0.15) is 5.26 Å². The number of carbonyl (C=O) groups is 1. The molecule has 1 N–H and O–H groups in total. The van der Waals surface area contributed by atoms with Crippen LogP contribution in [0.15, 0.2) is 24.3 Å². The molecule has 0 aliphatic heterocycles. The Morgan fingerprint density at radius 1 is 1.47 bits per heavy atom. The van der Waals surface area contributed by atoms with E-state index in [1.165, 1.54) is 7.11 Å². The largest absolute Gasteiger partial charge is 0.479 e. The molecular weight excluding hydrogens is 218 g/mol. The Morgan fingerprint density at radius 2 is 2.06 bits per heavy atom. The lowest BCUT2D eigenvalue weighted by Gasteiger charge is -2.22. The number of aliphatic carboxylic acids is 1. The van der Waals surface area contributed by atoms with Crippen LogP contribution in [0.1, 0.15) is 24.0 Å². The molecule has 1 aliphatic carbocycles. The van der Waals surface area contributed by atoms with Crippen LogP contribution in [0.3, 0.4) is 0 Å². The fourth-order valence-corrected chi connectivity index (χ4v) is 2.28. The molecule has 0 bridgehead atoms. The molecule has 1 saturated carbocycles. The van der Waals surface area contributed by atoms with Crippen molar-refractivity contribution < 1.29 is 14.6 Å². The van der Waals surface area contributed by atoms with Gasteiger partial charge >= 0.3 is 5.97 Å². The zero-order valence-electron chi connectivity index (χ0n) is 9.51. The Labute approximate surface area is 99.4 Å². The highest BCUT2D eigenvalue weighted by Crippen LogP contribution is 2.52. The Hall–Kier alpha value is -1.86. The number of benzene rings is 1. The topological polar surface area (TPSA) is 70.3 Å². The minimum absolute atomic E-state index is 0.408. The number of rotatable bonds is 4. The summed E-state index contributed by atoms with van der Waals surface area (Å²) in [7, 11) is 1.42. The van der Waals surface area contributed by atoms with Crippen LogP contribution in [-0.2, 0) is 14.9 Å². The number of hydrogen-bond acceptors (Lipinski definition) is 3. The first-order chi connectivity index (χ1) is 8.14. The number of methoxy groups -OCH3 is 1. The molecule has 1 aromatic rings. The van der Waals surface area contributed by atoms with Crippen LogP contribution >= 0.6 is 0 Å². The normalized spacial score (nSPS) is 18.1. The van der Waals surface area contributed by atoms with Crippen molar-refractivity contribution in [2.75, 3.05) is 7.11 Å². The van der Waals surface area contributed by atoms with Crippen LogP contribution in [0.25, 0.3) is 0 Å². The summed E-state index contributed by atoms with van der Waals surface area (Å²) in [6.45, 7) is 0. The van der Waals surface area contributed by atoms with Gasteiger partial charge in [0.05, 0.1) is 11.6 Å². The lowest BCUT2D eigenvalue weighted by atomic mass is 9.89. The van der Waals surface area contributed by atoms with Crippen molar-refractivity contribution in [3.8, 4) is 6.07 Å². The predicted molar refractivity (Wildman–Crippen MR) is 60.5 cm³/mol. The summed E-state index contributed by atoms with van der Waals surface area (Å²) in [6.07, 6.45) is 0.809. The van der Waals surface area contributed by atoms with Gasteiger partial charge in [-0.15, -0.1) is 0 Å². The van der Waals surface area contributed by atoms with Gasteiger partial charge in [0.15, 0.2) is 6.10 Å². The van der Waals surface area contributed by atoms with Crippen molar-refractivity contribution >= 4 is 5.97 Å². The van der Waals surface area contributed by atoms with Gasteiger partial charge in [0, 0.05) is 12.5 Å². The van der Waals surface area contributed by atoms with E-state index in [-0.39, 0.29) is 0 Å². The average molecular weight is 231 g/mol. The molecule has 4 nitrogen and oxygen atoms in total. The highest BCUT2D eigenvalue weighted by atomic mass is 16.5. The van der Waals surface area contributed by atoms with Crippen LogP contribution in [-0.4, -0.2) is 24.3 Å². The van der Waals surface area contributed by atoms with Gasteiger partial charge < -0.3 is 9.84 Å². The molecule has 1 aliphatic rings. The first-order valence-corrected chi connectivity index (χ1v) is 5.40. The van der Waals surface area contributed by atoms with Gasteiger partial charge in [-0.05, 0) is 30.5 Å². The second kappa shape index (κ2) is 4.19. The van der Waals surface area contributed by atoms with Crippen LogP contribution in [0.2, 0.25) is 0 Å². The molecule has 2 rings (SSSR count). The maximum absolute atomic E-state index is 11.1. The predicted octanol–water partition coefficient (Wildman–Crippen LogP) is 1.69. The second-order valence-electron chi connectivity index (χ2n) is 4.30. The van der Waals surface area contributed by atoms with Gasteiger partial charge in [0.2, 0.25) is 0 Å². The zero-order valence-corrected chi connectivity index (χ0v) is 9.51. The van der Waals surface area contributed by atoms with Crippen molar-refractivity contribution in [3.05, 3.63) is 35.4 Å². The van der Waals surface area contributed by atoms with E-state index >= 15 is 0 Å². The molecule has 0 amide bonds. The smallest absolute Gasteiger partial charge is 0.333 e. The van der Waals surface area contributed by atoms with E-state index in [9.17, 15) is 4.79 Å². The van der Waals surface area contributed by atoms with Crippen molar-refractivity contribution in [1.82, 2.24) is 0 Å². The van der Waals surface area contributed by atoms with E-state index in [2.05, 4.69) is 0 Å². The van der Waals surface area contributed by atoms with E-state index in [0.29, 0.717) is 5.56 Å². The Bertz CT molecular complexity index is 468. The van der Waals surface area contributed by atoms with E-state index < -0.39 is 17.5 Å². The summed E-state index contributed by atoms with van der Waals surface area (Å²) >= 11 is 0. The van der Waals surface area contributed by atoms with Crippen molar-refractivity contribution in [2.45, 2.75) is 24.4 Å². The minimum Gasteiger partial charge on any atom is -0.479 e. The molecule has 1 atom stereocenters. The van der Waals surface area contributed by atoms with Crippen LogP contribution in [0.4, 0.5) is 0 Å². The summed E-state index contributed by atoms with van der Waals surface area (Å²) < 4.78 is 5.09. The first-order valence-electron chi connectivity index (χ1n) is 5.40. The lowest BCUT2D eigenvalue weighted by Crippen LogP contribution is -2.35. The second-order valence-corrected chi connectivity index (χ2v) is 4.30. The lowest BCUT2D eigenvalue weighted by molar-refractivity contribution is -0.150. The van der Waals surface area contributed by atoms with Crippen LogP contribution in [0, 0.1) is 11.3 Å². The summed E-state index contributed by atoms with van der Waals surface area (Å²) in [5, 5.41) is 17.9. The standard InChI is InChI=1S/C13H13NO3/c1-17-11(12(15)16)13(6-7-13)10-4-2-9(8-14)3-5-10/h2-5,11H,6-7H2,1H3,(H,15,16). The molecule has 1 fully saturated rings. The fourth-order valence-electron chi connectivity index (χ4n) is 2.28. The van der Waals surface area contributed by atoms with Crippen LogP contribution < -0.4 is 0 Å². The molecule has 88 valence electrons. The summed E-state index contributed by atoms with van der Waals surface area (Å²) in [6, 6.07) is 9.11. The summed E-state index contributed by atoms with van der Waals surface area (Å²) in [4.78, 5) is 11.1. The van der Waals surface area contributed by atoms with Crippen molar-refractivity contribution in [3.63, 3.8) is 0 Å². The third kappa shape index (κ3) is 1.90. The summed E-state index contributed by atoms with van der Waals surface area (Å²) in [5.41, 5.74) is 1.11. The Balaban J connectivity index is 2.32. The SMILES string of the molecule is COC(C(=O)O)C1(c2ccc(C#N)cc2)CC1. The van der Waals surface area contributed by atoms with Crippen LogP contribution in [0.5, 0.6) is 0 Å². The number of carboxylic acid groups (broad SMARTS) is 1. The quantitative estimate of drug-likeness (QED) is 0.856. The van der Waals surface area contributed by atoms with Gasteiger partial charge in [0.25, 0.3) is 0 Å². The van der Waals surface area contributed by atoms with E-state index in [0.717, 1.165) is 18.4 Å². The number of ether oxygens (including phenoxy) is 1. The minimum atomic E-state index is -0.936. The van der Waals surface area contributed by atoms with Gasteiger partial charge in [0.1, 0.15) is 0 Å². The third-order valence-electron chi connectivity index (χ3n) is 3.34. The first kappa shape index (κ1) is 11.6. The van der Waals surface area contributed by atoms with E-state index in [1.807, 2.05) is 18.2 Å². The monoisotopic (exact) mass is 231 g/mol. The Morgan fingerprint density at radius 3 is 2.41 bits per heavy atom. The van der Waals surface area contributed by atoms with E-state index in [1.54, 1.807) is 12.1 Å². The van der Waals surface area contributed by atoms with Gasteiger partial charge in [-0.3, -0.25) is 0 Å². The van der Waals surface area contributed by atoms with Crippen molar-refractivity contribution in [2.24, 2.45) is 0 Å². The third-order valence-corrected chi connectivity index (χ3v) is 3.34. The Kier molecular flexibility index (Phi) is 2.86. The highest BCUT2D eigenvalue weighted by Gasteiger charge is 2.54. The number of hydrogen-bond donors (Lipinski definition) is 1. The molecular formula is C13H13NO3. The molecule has 0 aromatic heterocycles. The molecule has 0 radical (unpaired) electrons. The number of nitrogens with zero attached hydrogens (tertiary/aromatic N) is 1. The maximum atomic E-state index is 11.1. The molecule has 1 unspecified atom stereocenters.